The minimum Gasteiger partial charge on any atom is -0.399 e. The van der Waals surface area contributed by atoms with E-state index in [-0.39, 0.29) is 23.5 Å². The first-order valence-electron chi connectivity index (χ1n) is 5.63. The van der Waals surface area contributed by atoms with Crippen molar-refractivity contribution in [2.75, 3.05) is 19.3 Å². The van der Waals surface area contributed by atoms with E-state index in [1.165, 1.54) is 30.1 Å². The summed E-state index contributed by atoms with van der Waals surface area (Å²) in [6.45, 7) is 3.15. The molecule has 0 fully saturated rings. The molecule has 0 aromatic heterocycles. The van der Waals surface area contributed by atoms with E-state index in [0.29, 0.717) is 0 Å². The number of hydrogen-bond donors (Lipinski definition) is 2. The second-order valence-corrected chi connectivity index (χ2v) is 5.01. The maximum Gasteiger partial charge on any atom is 0.282 e. The van der Waals surface area contributed by atoms with Gasteiger partial charge in [-0.25, -0.2) is 0 Å². The number of hydrogen-bond acceptors (Lipinski definition) is 5. The monoisotopic (exact) mass is 267 g/mol. The van der Waals surface area contributed by atoms with E-state index in [9.17, 15) is 20.0 Å². The Morgan fingerprint density at radius 3 is 2.58 bits per heavy atom. The second-order valence-electron chi connectivity index (χ2n) is 5.01. The Morgan fingerprint density at radius 1 is 1.53 bits per heavy atom. The molecule has 0 heterocycles. The summed E-state index contributed by atoms with van der Waals surface area (Å²) >= 11 is 0. The average Bonchev–Trinajstić information content (AvgIpc) is 2.25. The van der Waals surface area contributed by atoms with Crippen LogP contribution in [0.3, 0.4) is 0 Å². The molecule has 7 heteroatoms. The SMILES string of the molecule is CN(CC(C)(C)O)C(=O)c1cc(N)ccc1[N+](=O)[O-]. The van der Waals surface area contributed by atoms with Gasteiger partial charge in [0.05, 0.1) is 10.5 Å². The molecule has 0 bridgehead atoms. The highest BCUT2D eigenvalue weighted by atomic mass is 16.6. The zero-order chi connectivity index (χ0) is 14.8. The number of aliphatic hydroxyl groups is 1. The molecule has 7 nitrogen and oxygen atoms in total. The molecule has 3 N–H and O–H groups in total. The quantitative estimate of drug-likeness (QED) is 0.481. The van der Waals surface area contributed by atoms with Gasteiger partial charge in [0, 0.05) is 25.3 Å². The number of carbonyl (C=O) groups is 1. The predicted molar refractivity (Wildman–Crippen MR) is 70.8 cm³/mol. The Kier molecular flexibility index (Phi) is 4.10. The van der Waals surface area contributed by atoms with Crippen LogP contribution in [0.4, 0.5) is 11.4 Å². The van der Waals surface area contributed by atoms with Crippen molar-refractivity contribution in [3.8, 4) is 0 Å². The van der Waals surface area contributed by atoms with Crippen LogP contribution in [0, 0.1) is 10.1 Å². The number of nitrogens with two attached hydrogens (primary N) is 1. The average molecular weight is 267 g/mol. The number of likely N-dealkylation sites (N-methyl/N-ethyl adjacent to an activating group) is 1. The number of rotatable bonds is 4. The maximum absolute atomic E-state index is 12.2. The third-order valence-corrected chi connectivity index (χ3v) is 2.42. The molecule has 0 atom stereocenters. The minimum atomic E-state index is -1.08. The first-order valence-corrected chi connectivity index (χ1v) is 5.63. The van der Waals surface area contributed by atoms with Crippen molar-refractivity contribution in [3.05, 3.63) is 33.9 Å². The highest BCUT2D eigenvalue weighted by molar-refractivity contribution is 5.98. The molecule has 19 heavy (non-hydrogen) atoms. The molecule has 1 rings (SSSR count). The first-order chi connectivity index (χ1) is 8.61. The summed E-state index contributed by atoms with van der Waals surface area (Å²) in [5.74, 6) is -0.555. The molecule has 0 aliphatic rings. The highest BCUT2D eigenvalue weighted by Gasteiger charge is 2.26. The predicted octanol–water partition coefficient (Wildman–Crippen LogP) is 1.02. The van der Waals surface area contributed by atoms with Gasteiger partial charge in [-0.1, -0.05) is 0 Å². The zero-order valence-electron chi connectivity index (χ0n) is 11.1. The van der Waals surface area contributed by atoms with E-state index in [4.69, 9.17) is 5.73 Å². The van der Waals surface area contributed by atoms with Crippen LogP contribution in [0.15, 0.2) is 18.2 Å². The van der Waals surface area contributed by atoms with Gasteiger partial charge in [0.1, 0.15) is 5.56 Å². The number of anilines is 1. The van der Waals surface area contributed by atoms with Crippen molar-refractivity contribution >= 4 is 17.3 Å². The van der Waals surface area contributed by atoms with Crippen LogP contribution in [0.2, 0.25) is 0 Å². The molecular formula is C12H17N3O4. The number of nitrogens with zero attached hydrogens (tertiary/aromatic N) is 2. The molecule has 0 aliphatic carbocycles. The van der Waals surface area contributed by atoms with Crippen molar-refractivity contribution in [1.82, 2.24) is 4.90 Å². The number of nitrogen functional groups attached to an aromatic ring is 1. The molecule has 0 saturated carbocycles. The Labute approximate surface area is 110 Å². The number of amides is 1. The second kappa shape index (κ2) is 5.23. The normalized spacial score (nSPS) is 11.2. The summed E-state index contributed by atoms with van der Waals surface area (Å²) in [6.07, 6.45) is 0. The summed E-state index contributed by atoms with van der Waals surface area (Å²) < 4.78 is 0. The van der Waals surface area contributed by atoms with Gasteiger partial charge in [-0.05, 0) is 26.0 Å². The standard InChI is InChI=1S/C12H17N3O4/c1-12(2,17)7-14(3)11(16)9-6-8(13)4-5-10(9)15(18)19/h4-6,17H,7,13H2,1-3H3. The molecular weight excluding hydrogens is 250 g/mol. The summed E-state index contributed by atoms with van der Waals surface area (Å²) in [4.78, 5) is 23.6. The molecule has 1 amide bonds. The fourth-order valence-electron chi connectivity index (χ4n) is 1.74. The largest absolute Gasteiger partial charge is 0.399 e. The van der Waals surface area contributed by atoms with Gasteiger partial charge in [-0.3, -0.25) is 14.9 Å². The van der Waals surface area contributed by atoms with Gasteiger partial charge in [0.15, 0.2) is 0 Å². The molecule has 1 aromatic rings. The van der Waals surface area contributed by atoms with Gasteiger partial charge in [-0.2, -0.15) is 0 Å². The summed E-state index contributed by atoms with van der Waals surface area (Å²) in [7, 11) is 1.47. The molecule has 0 aliphatic heterocycles. The molecule has 0 radical (unpaired) electrons. The van der Waals surface area contributed by atoms with Gasteiger partial charge in [0.25, 0.3) is 11.6 Å². The Balaban J connectivity index is 3.11. The zero-order valence-corrected chi connectivity index (χ0v) is 11.1. The summed E-state index contributed by atoms with van der Waals surface area (Å²) in [5.41, 5.74) is 4.35. The Bertz CT molecular complexity index is 508. The van der Waals surface area contributed by atoms with Crippen LogP contribution >= 0.6 is 0 Å². The third kappa shape index (κ3) is 3.92. The van der Waals surface area contributed by atoms with E-state index < -0.39 is 16.4 Å². The van der Waals surface area contributed by atoms with Crippen molar-refractivity contribution in [1.29, 1.82) is 0 Å². The fourth-order valence-corrected chi connectivity index (χ4v) is 1.74. The highest BCUT2D eigenvalue weighted by Crippen LogP contribution is 2.23. The van der Waals surface area contributed by atoms with E-state index in [1.807, 2.05) is 0 Å². The molecule has 104 valence electrons. The lowest BCUT2D eigenvalue weighted by molar-refractivity contribution is -0.385. The summed E-state index contributed by atoms with van der Waals surface area (Å²) in [5, 5.41) is 20.6. The van der Waals surface area contributed by atoms with Gasteiger partial charge in [0.2, 0.25) is 0 Å². The van der Waals surface area contributed by atoms with E-state index in [1.54, 1.807) is 13.8 Å². The van der Waals surface area contributed by atoms with Gasteiger partial charge < -0.3 is 15.7 Å². The van der Waals surface area contributed by atoms with Crippen molar-refractivity contribution < 1.29 is 14.8 Å². The van der Waals surface area contributed by atoms with E-state index >= 15 is 0 Å². The summed E-state index contributed by atoms with van der Waals surface area (Å²) in [6, 6.07) is 3.83. The Hall–Kier alpha value is -2.15. The van der Waals surface area contributed by atoms with Crippen molar-refractivity contribution in [2.24, 2.45) is 0 Å². The van der Waals surface area contributed by atoms with Crippen LogP contribution in [0.1, 0.15) is 24.2 Å². The minimum absolute atomic E-state index is 0.0534. The van der Waals surface area contributed by atoms with Crippen molar-refractivity contribution in [3.63, 3.8) is 0 Å². The third-order valence-electron chi connectivity index (χ3n) is 2.42. The molecule has 0 unspecified atom stereocenters. The van der Waals surface area contributed by atoms with Crippen LogP contribution in [-0.4, -0.2) is 40.0 Å². The lowest BCUT2D eigenvalue weighted by Gasteiger charge is -2.25. The van der Waals surface area contributed by atoms with Crippen LogP contribution < -0.4 is 5.73 Å². The first kappa shape index (κ1) is 14.9. The lowest BCUT2D eigenvalue weighted by atomic mass is 10.1. The maximum atomic E-state index is 12.2. The number of nitro benzene ring substituents is 1. The topological polar surface area (TPSA) is 110 Å². The number of carbonyl (C=O) groups excluding carboxylic acids is 1. The van der Waals surface area contributed by atoms with Gasteiger partial charge in [-0.15, -0.1) is 0 Å². The molecule has 0 saturated heterocycles. The molecule has 0 spiro atoms. The van der Waals surface area contributed by atoms with E-state index in [2.05, 4.69) is 0 Å². The van der Waals surface area contributed by atoms with Gasteiger partial charge >= 0.3 is 0 Å². The number of nitro groups is 1. The Morgan fingerprint density at radius 2 is 2.11 bits per heavy atom. The molecule has 1 aromatic carbocycles. The smallest absolute Gasteiger partial charge is 0.282 e. The lowest BCUT2D eigenvalue weighted by Crippen LogP contribution is -2.39. The van der Waals surface area contributed by atoms with Crippen LogP contribution in [0.25, 0.3) is 0 Å². The van der Waals surface area contributed by atoms with E-state index in [0.717, 1.165) is 0 Å². The van der Waals surface area contributed by atoms with Crippen LogP contribution in [-0.2, 0) is 0 Å². The number of benzene rings is 1. The van der Waals surface area contributed by atoms with Crippen molar-refractivity contribution in [2.45, 2.75) is 19.4 Å². The fraction of sp³-hybridized carbons (Fsp3) is 0.417. The van der Waals surface area contributed by atoms with Crippen LogP contribution in [0.5, 0.6) is 0 Å².